The Morgan fingerprint density at radius 1 is 1.60 bits per heavy atom. The van der Waals surface area contributed by atoms with Gasteiger partial charge in [-0.2, -0.15) is 0 Å². The minimum atomic E-state index is -0.841. The summed E-state index contributed by atoms with van der Waals surface area (Å²) in [6.45, 7) is 0.365. The molecule has 0 aromatic heterocycles. The first-order chi connectivity index (χ1) is 4.75. The molecule has 1 aliphatic heterocycles. The van der Waals surface area contributed by atoms with E-state index < -0.39 is 18.3 Å². The number of rotatable bonds is 2. The standard InChI is InChI=1S/C5H10O4S/c6-3-1-8-4(2-9-10)5(3)7/h3-7,10H,1-2H2/t3-,4-,5-/m1/s1. The summed E-state index contributed by atoms with van der Waals surface area (Å²) in [4.78, 5) is 0. The smallest absolute Gasteiger partial charge is 0.111 e. The van der Waals surface area contributed by atoms with E-state index in [-0.39, 0.29) is 13.2 Å². The molecular weight excluding hydrogens is 156 g/mol. The second-order valence-electron chi connectivity index (χ2n) is 2.23. The molecule has 5 heteroatoms. The van der Waals surface area contributed by atoms with Gasteiger partial charge in [0.05, 0.1) is 13.2 Å². The SMILES string of the molecule is O[C@@H]1[C@H](O)CO[C@@H]1COS. The van der Waals surface area contributed by atoms with Crippen LogP contribution in [0.5, 0.6) is 0 Å². The van der Waals surface area contributed by atoms with Crippen LogP contribution in [-0.4, -0.2) is 41.7 Å². The maximum Gasteiger partial charge on any atom is 0.111 e. The Balaban J connectivity index is 2.33. The zero-order valence-corrected chi connectivity index (χ0v) is 6.20. The Kier molecular flexibility index (Phi) is 2.94. The molecule has 0 aliphatic carbocycles. The molecular formula is C5H10O4S. The average Bonchev–Trinajstić information content (AvgIpc) is 2.20. The van der Waals surface area contributed by atoms with Crippen molar-refractivity contribution in [3.63, 3.8) is 0 Å². The van der Waals surface area contributed by atoms with Crippen molar-refractivity contribution in [3.05, 3.63) is 0 Å². The largest absolute Gasteiger partial charge is 0.388 e. The van der Waals surface area contributed by atoms with Crippen molar-refractivity contribution < 1.29 is 19.1 Å². The van der Waals surface area contributed by atoms with Crippen molar-refractivity contribution in [3.8, 4) is 0 Å². The third-order valence-corrected chi connectivity index (χ3v) is 1.64. The third-order valence-electron chi connectivity index (χ3n) is 1.50. The molecule has 1 rings (SSSR count). The van der Waals surface area contributed by atoms with Crippen LogP contribution in [0.15, 0.2) is 0 Å². The first-order valence-electron chi connectivity index (χ1n) is 3.00. The van der Waals surface area contributed by atoms with Crippen molar-refractivity contribution in [2.24, 2.45) is 0 Å². The van der Waals surface area contributed by atoms with E-state index in [0.29, 0.717) is 0 Å². The molecule has 1 aliphatic rings. The van der Waals surface area contributed by atoms with Crippen LogP contribution in [0.3, 0.4) is 0 Å². The Hall–Kier alpha value is 0.190. The van der Waals surface area contributed by atoms with Gasteiger partial charge in [-0.15, -0.1) is 0 Å². The number of ether oxygens (including phenoxy) is 1. The predicted octanol–water partition coefficient (Wildman–Crippen LogP) is -1.03. The lowest BCUT2D eigenvalue weighted by atomic mass is 10.2. The molecule has 1 saturated heterocycles. The molecule has 2 N–H and O–H groups in total. The summed E-state index contributed by atoms with van der Waals surface area (Å²) in [6.07, 6.45) is -2.06. The lowest BCUT2D eigenvalue weighted by Gasteiger charge is -2.11. The maximum absolute atomic E-state index is 9.10. The Labute approximate surface area is 64.4 Å². The molecule has 4 nitrogen and oxygen atoms in total. The molecule has 0 unspecified atom stereocenters. The van der Waals surface area contributed by atoms with E-state index in [9.17, 15) is 0 Å². The van der Waals surface area contributed by atoms with Crippen LogP contribution in [0.4, 0.5) is 0 Å². The highest BCUT2D eigenvalue weighted by Gasteiger charge is 2.34. The first kappa shape index (κ1) is 8.29. The average molecular weight is 166 g/mol. The van der Waals surface area contributed by atoms with Gasteiger partial charge in [0.25, 0.3) is 0 Å². The Morgan fingerprint density at radius 3 is 2.70 bits per heavy atom. The van der Waals surface area contributed by atoms with Crippen molar-refractivity contribution in [1.82, 2.24) is 0 Å². The second kappa shape index (κ2) is 3.54. The van der Waals surface area contributed by atoms with Gasteiger partial charge in [0.2, 0.25) is 0 Å². The molecule has 1 fully saturated rings. The quantitative estimate of drug-likeness (QED) is 0.362. The van der Waals surface area contributed by atoms with Crippen LogP contribution in [0, 0.1) is 0 Å². The zero-order valence-electron chi connectivity index (χ0n) is 5.30. The highest BCUT2D eigenvalue weighted by Crippen LogP contribution is 2.14. The van der Waals surface area contributed by atoms with Crippen LogP contribution < -0.4 is 0 Å². The van der Waals surface area contributed by atoms with Crippen LogP contribution in [0.25, 0.3) is 0 Å². The van der Waals surface area contributed by atoms with Crippen LogP contribution in [-0.2, 0) is 8.92 Å². The van der Waals surface area contributed by atoms with Crippen molar-refractivity contribution in [2.45, 2.75) is 18.3 Å². The number of aliphatic hydroxyl groups is 2. The fourth-order valence-electron chi connectivity index (χ4n) is 0.887. The molecule has 10 heavy (non-hydrogen) atoms. The molecule has 0 radical (unpaired) electrons. The summed E-state index contributed by atoms with van der Waals surface area (Å²) in [5.74, 6) is 0. The van der Waals surface area contributed by atoms with Gasteiger partial charge in [-0.25, -0.2) is 0 Å². The summed E-state index contributed by atoms with van der Waals surface area (Å²) < 4.78 is 9.39. The van der Waals surface area contributed by atoms with Gasteiger partial charge in [-0.05, 0) is 12.9 Å². The van der Waals surface area contributed by atoms with Gasteiger partial charge in [-0.1, -0.05) is 0 Å². The molecule has 0 aromatic rings. The van der Waals surface area contributed by atoms with Crippen LogP contribution >= 0.6 is 12.9 Å². The predicted molar refractivity (Wildman–Crippen MR) is 36.7 cm³/mol. The molecule has 0 bridgehead atoms. The Morgan fingerprint density at radius 2 is 2.30 bits per heavy atom. The van der Waals surface area contributed by atoms with E-state index in [1.807, 2.05) is 0 Å². The zero-order chi connectivity index (χ0) is 7.56. The molecule has 0 aromatic carbocycles. The number of hydrogen-bond acceptors (Lipinski definition) is 5. The summed E-state index contributed by atoms with van der Waals surface area (Å²) in [6, 6.07) is 0. The molecule has 0 spiro atoms. The lowest BCUT2D eigenvalue weighted by Crippen LogP contribution is -2.32. The summed E-state index contributed by atoms with van der Waals surface area (Å²) in [5.41, 5.74) is 0. The van der Waals surface area contributed by atoms with Gasteiger partial charge in [-0.3, -0.25) is 0 Å². The normalized spacial score (nSPS) is 40.5. The van der Waals surface area contributed by atoms with Crippen LogP contribution in [0.1, 0.15) is 0 Å². The number of aliphatic hydroxyl groups excluding tert-OH is 2. The van der Waals surface area contributed by atoms with Gasteiger partial charge in [0, 0.05) is 0 Å². The number of hydrogen-bond donors (Lipinski definition) is 3. The molecule has 0 amide bonds. The van der Waals surface area contributed by atoms with E-state index in [1.54, 1.807) is 0 Å². The summed E-state index contributed by atoms with van der Waals surface area (Å²) in [5, 5.41) is 18.0. The van der Waals surface area contributed by atoms with E-state index in [0.717, 1.165) is 0 Å². The minimum Gasteiger partial charge on any atom is -0.388 e. The summed E-state index contributed by atoms with van der Waals surface area (Å²) >= 11 is 3.49. The topological polar surface area (TPSA) is 58.9 Å². The molecule has 60 valence electrons. The highest BCUT2D eigenvalue weighted by atomic mass is 32.1. The van der Waals surface area contributed by atoms with Crippen LogP contribution in [0.2, 0.25) is 0 Å². The fraction of sp³-hybridized carbons (Fsp3) is 1.00. The monoisotopic (exact) mass is 166 g/mol. The Bertz CT molecular complexity index is 108. The maximum atomic E-state index is 9.10. The van der Waals surface area contributed by atoms with Gasteiger partial charge >= 0.3 is 0 Å². The third kappa shape index (κ3) is 1.62. The van der Waals surface area contributed by atoms with E-state index in [2.05, 4.69) is 17.1 Å². The van der Waals surface area contributed by atoms with Crippen molar-refractivity contribution in [2.75, 3.05) is 13.2 Å². The lowest BCUT2D eigenvalue weighted by molar-refractivity contribution is 0.00420. The fourth-order valence-corrected chi connectivity index (χ4v) is 1.03. The van der Waals surface area contributed by atoms with E-state index in [4.69, 9.17) is 14.9 Å². The molecule has 1 heterocycles. The number of thiol groups is 1. The van der Waals surface area contributed by atoms with Gasteiger partial charge in [0.1, 0.15) is 18.3 Å². The molecule has 0 saturated carbocycles. The minimum absolute atomic E-state index is 0.170. The van der Waals surface area contributed by atoms with Gasteiger partial charge < -0.3 is 19.1 Å². The highest BCUT2D eigenvalue weighted by molar-refractivity contribution is 7.75. The van der Waals surface area contributed by atoms with E-state index >= 15 is 0 Å². The van der Waals surface area contributed by atoms with E-state index in [1.165, 1.54) is 0 Å². The first-order valence-corrected chi connectivity index (χ1v) is 3.36. The van der Waals surface area contributed by atoms with Crippen molar-refractivity contribution >= 4 is 12.9 Å². The van der Waals surface area contributed by atoms with Gasteiger partial charge in [0.15, 0.2) is 0 Å². The second-order valence-corrected chi connectivity index (χ2v) is 2.48. The summed E-state index contributed by atoms with van der Waals surface area (Å²) in [7, 11) is 0. The molecule has 3 atom stereocenters. The van der Waals surface area contributed by atoms with Crippen molar-refractivity contribution in [1.29, 1.82) is 0 Å².